The van der Waals surface area contributed by atoms with Crippen LogP contribution >= 0.6 is 0 Å². The Hall–Kier alpha value is -0.860. The lowest BCUT2D eigenvalue weighted by Gasteiger charge is -2.21. The lowest BCUT2D eigenvalue weighted by atomic mass is 9.96. The fourth-order valence-electron chi connectivity index (χ4n) is 1.80. The summed E-state index contributed by atoms with van der Waals surface area (Å²) in [5.41, 5.74) is 1.36. The molecule has 1 unspecified atom stereocenters. The minimum Gasteiger partial charge on any atom is -0.319 e. The van der Waals surface area contributed by atoms with Gasteiger partial charge in [-0.3, -0.25) is 0 Å². The fraction of sp³-hybridized carbons (Fsp3) is 0.571. The highest BCUT2D eigenvalue weighted by Crippen LogP contribution is 2.08. The number of hydrogen-bond donors (Lipinski definition) is 2. The SMILES string of the molecule is CNCC(CNCc1ccccc1)C(C)C. The molecule has 1 atom stereocenters. The van der Waals surface area contributed by atoms with Crippen LogP contribution in [0.25, 0.3) is 0 Å². The predicted molar refractivity (Wildman–Crippen MR) is 70.4 cm³/mol. The molecule has 0 radical (unpaired) electrons. The summed E-state index contributed by atoms with van der Waals surface area (Å²) in [4.78, 5) is 0. The van der Waals surface area contributed by atoms with Crippen LogP contribution in [-0.2, 0) is 6.54 Å². The van der Waals surface area contributed by atoms with Gasteiger partial charge in [-0.25, -0.2) is 0 Å². The molecule has 0 aliphatic carbocycles. The lowest BCUT2D eigenvalue weighted by molar-refractivity contribution is 0.352. The molecule has 0 heterocycles. The van der Waals surface area contributed by atoms with Gasteiger partial charge in [-0.05, 0) is 37.5 Å². The van der Waals surface area contributed by atoms with E-state index in [0.29, 0.717) is 5.92 Å². The zero-order valence-electron chi connectivity index (χ0n) is 10.7. The molecule has 0 aliphatic heterocycles. The topological polar surface area (TPSA) is 24.1 Å². The molecule has 0 aliphatic rings. The van der Waals surface area contributed by atoms with Crippen LogP contribution < -0.4 is 10.6 Å². The Labute approximate surface area is 99.5 Å². The summed E-state index contributed by atoms with van der Waals surface area (Å²) in [6, 6.07) is 10.6. The van der Waals surface area contributed by atoms with E-state index < -0.39 is 0 Å². The molecule has 2 heteroatoms. The summed E-state index contributed by atoms with van der Waals surface area (Å²) in [6.07, 6.45) is 0. The Bertz CT molecular complexity index is 269. The Balaban J connectivity index is 2.28. The molecule has 0 aromatic heterocycles. The maximum Gasteiger partial charge on any atom is 0.0205 e. The summed E-state index contributed by atoms with van der Waals surface area (Å²) < 4.78 is 0. The van der Waals surface area contributed by atoms with Gasteiger partial charge in [-0.2, -0.15) is 0 Å². The molecule has 1 rings (SSSR count). The van der Waals surface area contributed by atoms with Crippen LogP contribution in [0.1, 0.15) is 19.4 Å². The molecule has 90 valence electrons. The molecule has 1 aromatic carbocycles. The molecule has 0 amide bonds. The van der Waals surface area contributed by atoms with Crippen LogP contribution in [0.4, 0.5) is 0 Å². The highest BCUT2D eigenvalue weighted by Gasteiger charge is 2.11. The molecular weight excluding hydrogens is 196 g/mol. The summed E-state index contributed by atoms with van der Waals surface area (Å²) in [7, 11) is 2.02. The largest absolute Gasteiger partial charge is 0.319 e. The summed E-state index contributed by atoms with van der Waals surface area (Å²) in [5.74, 6) is 1.42. The number of rotatable bonds is 7. The number of nitrogens with one attached hydrogen (secondary N) is 2. The molecule has 2 nitrogen and oxygen atoms in total. The van der Waals surface area contributed by atoms with Crippen LogP contribution in [0.3, 0.4) is 0 Å². The monoisotopic (exact) mass is 220 g/mol. The summed E-state index contributed by atoms with van der Waals surface area (Å²) in [6.45, 7) is 7.69. The van der Waals surface area contributed by atoms with Crippen molar-refractivity contribution in [3.8, 4) is 0 Å². The second-order valence-corrected chi connectivity index (χ2v) is 4.68. The van der Waals surface area contributed by atoms with Crippen LogP contribution in [0.2, 0.25) is 0 Å². The van der Waals surface area contributed by atoms with E-state index in [1.807, 2.05) is 7.05 Å². The Morgan fingerprint density at radius 1 is 1.06 bits per heavy atom. The first-order valence-electron chi connectivity index (χ1n) is 6.13. The van der Waals surface area contributed by atoms with E-state index in [1.54, 1.807) is 0 Å². The molecule has 0 saturated heterocycles. The van der Waals surface area contributed by atoms with Gasteiger partial charge in [0.2, 0.25) is 0 Å². The third-order valence-corrected chi connectivity index (χ3v) is 2.99. The average molecular weight is 220 g/mol. The Morgan fingerprint density at radius 2 is 1.75 bits per heavy atom. The van der Waals surface area contributed by atoms with Gasteiger partial charge >= 0.3 is 0 Å². The van der Waals surface area contributed by atoms with Gasteiger partial charge < -0.3 is 10.6 Å². The van der Waals surface area contributed by atoms with Crippen molar-refractivity contribution in [1.29, 1.82) is 0 Å². The third-order valence-electron chi connectivity index (χ3n) is 2.99. The van der Waals surface area contributed by atoms with Crippen LogP contribution in [0.15, 0.2) is 30.3 Å². The van der Waals surface area contributed by atoms with Gasteiger partial charge in [0.1, 0.15) is 0 Å². The highest BCUT2D eigenvalue weighted by molar-refractivity contribution is 5.14. The molecule has 0 bridgehead atoms. The lowest BCUT2D eigenvalue weighted by Crippen LogP contribution is -2.32. The summed E-state index contributed by atoms with van der Waals surface area (Å²) >= 11 is 0. The van der Waals surface area contributed by atoms with Crippen molar-refractivity contribution in [3.63, 3.8) is 0 Å². The van der Waals surface area contributed by atoms with Crippen molar-refractivity contribution in [2.75, 3.05) is 20.1 Å². The van der Waals surface area contributed by atoms with Crippen molar-refractivity contribution in [2.24, 2.45) is 11.8 Å². The summed E-state index contributed by atoms with van der Waals surface area (Å²) in [5, 5.41) is 6.79. The van der Waals surface area contributed by atoms with Gasteiger partial charge in [-0.15, -0.1) is 0 Å². The van der Waals surface area contributed by atoms with Gasteiger partial charge in [0.05, 0.1) is 0 Å². The second-order valence-electron chi connectivity index (χ2n) is 4.68. The van der Waals surface area contributed by atoms with E-state index in [9.17, 15) is 0 Å². The number of hydrogen-bond acceptors (Lipinski definition) is 2. The van der Waals surface area contributed by atoms with Crippen LogP contribution in [-0.4, -0.2) is 20.1 Å². The molecule has 16 heavy (non-hydrogen) atoms. The van der Waals surface area contributed by atoms with Crippen molar-refractivity contribution in [3.05, 3.63) is 35.9 Å². The standard InChI is InChI=1S/C14H24N2/c1-12(2)14(10-15-3)11-16-9-13-7-5-4-6-8-13/h4-8,12,14-16H,9-11H2,1-3H3. The molecular formula is C14H24N2. The number of benzene rings is 1. The average Bonchev–Trinajstić information content (AvgIpc) is 2.29. The second kappa shape index (κ2) is 7.42. The predicted octanol–water partition coefficient (Wildman–Crippen LogP) is 2.27. The van der Waals surface area contributed by atoms with Crippen molar-refractivity contribution in [1.82, 2.24) is 10.6 Å². The van der Waals surface area contributed by atoms with E-state index in [0.717, 1.165) is 25.6 Å². The maximum atomic E-state index is 3.53. The van der Waals surface area contributed by atoms with Crippen molar-refractivity contribution in [2.45, 2.75) is 20.4 Å². The molecule has 0 spiro atoms. The molecule has 0 fully saturated rings. The normalized spacial score (nSPS) is 13.0. The van der Waals surface area contributed by atoms with Gasteiger partial charge in [-0.1, -0.05) is 44.2 Å². The van der Waals surface area contributed by atoms with Crippen molar-refractivity contribution < 1.29 is 0 Å². The van der Waals surface area contributed by atoms with E-state index >= 15 is 0 Å². The fourth-order valence-corrected chi connectivity index (χ4v) is 1.80. The highest BCUT2D eigenvalue weighted by atomic mass is 14.9. The van der Waals surface area contributed by atoms with Crippen LogP contribution in [0, 0.1) is 11.8 Å². The van der Waals surface area contributed by atoms with E-state index in [4.69, 9.17) is 0 Å². The molecule has 2 N–H and O–H groups in total. The van der Waals surface area contributed by atoms with Crippen molar-refractivity contribution >= 4 is 0 Å². The Kier molecular flexibility index (Phi) is 6.12. The maximum absolute atomic E-state index is 3.53. The van der Waals surface area contributed by atoms with Gasteiger partial charge in [0.15, 0.2) is 0 Å². The third kappa shape index (κ3) is 4.77. The molecule has 1 aromatic rings. The van der Waals surface area contributed by atoms with E-state index in [1.165, 1.54) is 5.56 Å². The Morgan fingerprint density at radius 3 is 2.31 bits per heavy atom. The first-order chi connectivity index (χ1) is 7.74. The minimum absolute atomic E-state index is 0.703. The van der Waals surface area contributed by atoms with Gasteiger partial charge in [0, 0.05) is 6.54 Å². The quantitative estimate of drug-likeness (QED) is 0.736. The van der Waals surface area contributed by atoms with E-state index in [-0.39, 0.29) is 0 Å². The first-order valence-corrected chi connectivity index (χ1v) is 6.13. The minimum atomic E-state index is 0.703. The van der Waals surface area contributed by atoms with Crippen LogP contribution in [0.5, 0.6) is 0 Å². The first kappa shape index (κ1) is 13.2. The van der Waals surface area contributed by atoms with Gasteiger partial charge in [0.25, 0.3) is 0 Å². The smallest absolute Gasteiger partial charge is 0.0205 e. The zero-order chi connectivity index (χ0) is 11.8. The molecule has 0 saturated carbocycles. The van der Waals surface area contributed by atoms with E-state index in [2.05, 4.69) is 54.8 Å². The zero-order valence-corrected chi connectivity index (χ0v) is 10.7.